The summed E-state index contributed by atoms with van der Waals surface area (Å²) in [4.78, 5) is 0. The molecule has 0 aromatic heterocycles. The normalized spacial score (nSPS) is 50.7. The quantitative estimate of drug-likeness (QED) is 0.690. The van der Waals surface area contributed by atoms with Gasteiger partial charge in [0, 0.05) is 6.42 Å². The lowest BCUT2D eigenvalue weighted by atomic mass is 9.46. The molecule has 4 aliphatic carbocycles. The van der Waals surface area contributed by atoms with Gasteiger partial charge in [0.25, 0.3) is 0 Å². The first kappa shape index (κ1) is 17.7. The van der Waals surface area contributed by atoms with E-state index in [1.807, 2.05) is 6.92 Å². The molecule has 3 saturated carbocycles. The Bertz CT molecular complexity index is 605. The molecular weight excluding hydrogens is 324 g/mol. The van der Waals surface area contributed by atoms with Crippen molar-refractivity contribution in [2.45, 2.75) is 84.0 Å². The van der Waals surface area contributed by atoms with Crippen molar-refractivity contribution in [3.63, 3.8) is 0 Å². The van der Waals surface area contributed by atoms with Crippen molar-refractivity contribution in [1.82, 2.24) is 0 Å². The highest BCUT2D eigenvalue weighted by atomic mass is 16.7. The zero-order valence-corrected chi connectivity index (χ0v) is 16.8. The summed E-state index contributed by atoms with van der Waals surface area (Å²) in [5, 5.41) is 10.4. The summed E-state index contributed by atoms with van der Waals surface area (Å²) < 4.78 is 12.0. The monoisotopic (exact) mass is 360 g/mol. The summed E-state index contributed by atoms with van der Waals surface area (Å²) in [6.45, 7) is 8.56. The van der Waals surface area contributed by atoms with Crippen LogP contribution in [0.25, 0.3) is 0 Å². The molecule has 0 radical (unpaired) electrons. The fourth-order valence-electron chi connectivity index (χ4n) is 8.21. The average Bonchev–Trinajstić information content (AvgIpc) is 3.20. The number of aliphatic hydroxyl groups excluding tert-OH is 1. The van der Waals surface area contributed by atoms with Gasteiger partial charge in [0.05, 0.1) is 19.3 Å². The molecule has 1 N–H and O–H groups in total. The van der Waals surface area contributed by atoms with Gasteiger partial charge in [-0.05, 0) is 92.4 Å². The third-order valence-electron chi connectivity index (χ3n) is 9.55. The van der Waals surface area contributed by atoms with E-state index in [0.29, 0.717) is 16.7 Å². The van der Waals surface area contributed by atoms with Gasteiger partial charge in [-0.2, -0.15) is 0 Å². The Morgan fingerprint density at radius 1 is 1.00 bits per heavy atom. The summed E-state index contributed by atoms with van der Waals surface area (Å²) in [6.07, 6.45) is 12.2. The van der Waals surface area contributed by atoms with Gasteiger partial charge in [-0.1, -0.05) is 19.4 Å². The van der Waals surface area contributed by atoms with Crippen LogP contribution < -0.4 is 0 Å². The van der Waals surface area contributed by atoms with Crippen LogP contribution in [0.15, 0.2) is 11.6 Å². The highest BCUT2D eigenvalue weighted by Gasteiger charge is 2.60. The molecule has 1 aliphatic heterocycles. The van der Waals surface area contributed by atoms with Gasteiger partial charge in [-0.3, -0.25) is 0 Å². The van der Waals surface area contributed by atoms with E-state index in [2.05, 4.69) is 19.9 Å². The molecular formula is C23H36O3. The summed E-state index contributed by atoms with van der Waals surface area (Å²) in [5.74, 6) is 2.59. The van der Waals surface area contributed by atoms with Gasteiger partial charge in [0.1, 0.15) is 0 Å². The highest BCUT2D eigenvalue weighted by Crippen LogP contribution is 2.67. The van der Waals surface area contributed by atoms with Crippen LogP contribution in [0.5, 0.6) is 0 Å². The van der Waals surface area contributed by atoms with Gasteiger partial charge in [-0.25, -0.2) is 0 Å². The van der Waals surface area contributed by atoms with E-state index in [1.54, 1.807) is 5.57 Å². The number of aliphatic hydroxyl groups is 1. The second-order valence-electron chi connectivity index (χ2n) is 10.5. The number of rotatable bonds is 1. The molecule has 0 bridgehead atoms. The smallest absolute Gasteiger partial charge is 0.188 e. The second kappa shape index (κ2) is 5.81. The molecule has 1 spiro atoms. The van der Waals surface area contributed by atoms with Crippen LogP contribution in [-0.4, -0.2) is 30.2 Å². The van der Waals surface area contributed by atoms with Crippen LogP contribution in [0, 0.1) is 34.5 Å². The van der Waals surface area contributed by atoms with Crippen LogP contribution in [0.4, 0.5) is 0 Å². The van der Waals surface area contributed by atoms with E-state index in [-0.39, 0.29) is 6.10 Å². The molecule has 0 amide bonds. The third-order valence-corrected chi connectivity index (χ3v) is 9.55. The topological polar surface area (TPSA) is 38.7 Å². The van der Waals surface area contributed by atoms with Crippen molar-refractivity contribution in [2.75, 3.05) is 13.2 Å². The van der Waals surface area contributed by atoms with Gasteiger partial charge < -0.3 is 14.6 Å². The SMILES string of the molecule is CC(O)[C@@H]1CCC2C3CCC4=CC5(CC[C@@]4(C)C3CC[C@]21C)OCCO5. The summed E-state index contributed by atoms with van der Waals surface area (Å²) in [5.41, 5.74) is 2.33. The fraction of sp³-hybridized carbons (Fsp3) is 0.913. The van der Waals surface area contributed by atoms with Crippen molar-refractivity contribution in [3.05, 3.63) is 11.6 Å². The van der Waals surface area contributed by atoms with Crippen molar-refractivity contribution in [2.24, 2.45) is 34.5 Å². The highest BCUT2D eigenvalue weighted by molar-refractivity contribution is 5.27. The van der Waals surface area contributed by atoms with Crippen LogP contribution in [0.2, 0.25) is 0 Å². The number of allylic oxidation sites excluding steroid dienone is 1. The Morgan fingerprint density at radius 3 is 2.50 bits per heavy atom. The van der Waals surface area contributed by atoms with Crippen molar-refractivity contribution in [1.29, 1.82) is 0 Å². The van der Waals surface area contributed by atoms with Crippen LogP contribution in [0.1, 0.15) is 72.1 Å². The molecule has 3 heteroatoms. The van der Waals surface area contributed by atoms with E-state index >= 15 is 0 Å². The molecule has 4 fully saturated rings. The minimum Gasteiger partial charge on any atom is -0.393 e. The molecule has 0 aromatic carbocycles. The third kappa shape index (κ3) is 2.29. The largest absolute Gasteiger partial charge is 0.393 e. The predicted molar refractivity (Wildman–Crippen MR) is 102 cm³/mol. The summed E-state index contributed by atoms with van der Waals surface area (Å²) in [7, 11) is 0. The van der Waals surface area contributed by atoms with E-state index in [4.69, 9.17) is 9.47 Å². The molecule has 1 saturated heterocycles. The molecule has 1 heterocycles. The summed E-state index contributed by atoms with van der Waals surface area (Å²) >= 11 is 0. The molecule has 146 valence electrons. The Hall–Kier alpha value is -0.380. The lowest BCUT2D eigenvalue weighted by Gasteiger charge is -2.59. The lowest BCUT2D eigenvalue weighted by molar-refractivity contribution is -0.145. The van der Waals surface area contributed by atoms with Gasteiger partial charge in [-0.15, -0.1) is 0 Å². The first-order valence-electron chi connectivity index (χ1n) is 11.1. The Balaban J connectivity index is 1.44. The molecule has 5 rings (SSSR count). The van der Waals surface area contributed by atoms with E-state index in [0.717, 1.165) is 37.4 Å². The van der Waals surface area contributed by atoms with Gasteiger partial charge in [0.2, 0.25) is 0 Å². The van der Waals surface area contributed by atoms with Gasteiger partial charge >= 0.3 is 0 Å². The predicted octanol–water partition coefficient (Wildman–Crippen LogP) is 4.69. The molecule has 3 nitrogen and oxygen atoms in total. The van der Waals surface area contributed by atoms with E-state index in [9.17, 15) is 5.11 Å². The van der Waals surface area contributed by atoms with Crippen LogP contribution in [0.3, 0.4) is 0 Å². The first-order chi connectivity index (χ1) is 12.4. The second-order valence-corrected chi connectivity index (χ2v) is 10.5. The zero-order valence-electron chi connectivity index (χ0n) is 16.8. The average molecular weight is 361 g/mol. The molecule has 7 atom stereocenters. The van der Waals surface area contributed by atoms with Crippen molar-refractivity contribution >= 4 is 0 Å². The number of hydrogen-bond acceptors (Lipinski definition) is 3. The standard InChI is InChI=1S/C23H36O3/c1-15(24)18-6-7-19-17-5-4-16-14-23(25-12-13-26-23)11-10-21(16,2)20(17)8-9-22(18,19)3/h14-15,17-20,24H,4-13H2,1-3H3/t15?,17?,18-,19?,20?,21+,22-/m0/s1. The molecule has 0 aromatic rings. The Kier molecular flexibility index (Phi) is 3.96. The maximum atomic E-state index is 10.4. The van der Waals surface area contributed by atoms with Crippen molar-refractivity contribution in [3.8, 4) is 0 Å². The Labute approximate surface area is 158 Å². The lowest BCUT2D eigenvalue weighted by Crippen LogP contribution is -2.52. The minimum absolute atomic E-state index is 0.151. The van der Waals surface area contributed by atoms with Gasteiger partial charge in [0.15, 0.2) is 5.79 Å². The minimum atomic E-state index is -0.393. The van der Waals surface area contributed by atoms with Crippen LogP contribution >= 0.6 is 0 Å². The zero-order chi connectivity index (χ0) is 18.2. The van der Waals surface area contributed by atoms with E-state index < -0.39 is 5.79 Å². The first-order valence-corrected chi connectivity index (χ1v) is 11.1. The molecule has 4 unspecified atom stereocenters. The van der Waals surface area contributed by atoms with E-state index in [1.165, 1.54) is 44.9 Å². The Morgan fingerprint density at radius 2 is 1.77 bits per heavy atom. The number of ether oxygens (including phenoxy) is 2. The molecule has 26 heavy (non-hydrogen) atoms. The van der Waals surface area contributed by atoms with Crippen molar-refractivity contribution < 1.29 is 14.6 Å². The number of hydrogen-bond donors (Lipinski definition) is 1. The summed E-state index contributed by atoms with van der Waals surface area (Å²) in [6, 6.07) is 0. The van der Waals surface area contributed by atoms with Crippen LogP contribution in [-0.2, 0) is 9.47 Å². The fourth-order valence-corrected chi connectivity index (χ4v) is 8.21. The maximum absolute atomic E-state index is 10.4. The number of fused-ring (bicyclic) bond motifs is 5. The maximum Gasteiger partial charge on any atom is 0.188 e. The molecule has 5 aliphatic rings.